The normalized spacial score (nSPS) is 20.0. The van der Waals surface area contributed by atoms with Gasteiger partial charge in [-0.25, -0.2) is 0 Å². The third-order valence-electron chi connectivity index (χ3n) is 5.80. The highest BCUT2D eigenvalue weighted by Gasteiger charge is 2.32. The molecule has 0 saturated carbocycles. The smallest absolute Gasteiger partial charge is 0.324 e. The number of piperidine rings is 1. The fourth-order valence-corrected chi connectivity index (χ4v) is 4.14. The Balaban J connectivity index is 1.38. The summed E-state index contributed by atoms with van der Waals surface area (Å²) < 4.78 is 22.0. The van der Waals surface area contributed by atoms with Crippen molar-refractivity contribution in [3.63, 3.8) is 0 Å². The van der Waals surface area contributed by atoms with E-state index >= 15 is 0 Å². The van der Waals surface area contributed by atoms with Crippen LogP contribution in [0, 0.1) is 5.92 Å². The van der Waals surface area contributed by atoms with Crippen LogP contribution in [0.1, 0.15) is 26.7 Å². The van der Waals surface area contributed by atoms with Crippen molar-refractivity contribution in [1.29, 1.82) is 0 Å². The molecule has 1 atom stereocenters. The van der Waals surface area contributed by atoms with E-state index in [-0.39, 0.29) is 17.9 Å². The molecule has 2 saturated heterocycles. The fourth-order valence-electron chi connectivity index (χ4n) is 4.14. The van der Waals surface area contributed by atoms with Crippen LogP contribution >= 0.6 is 0 Å². The number of aromatic nitrogens is 2. The Hall–Kier alpha value is -2.81. The zero-order valence-electron chi connectivity index (χ0n) is 18.4. The lowest BCUT2D eigenvalue weighted by atomic mass is 9.95. The third-order valence-corrected chi connectivity index (χ3v) is 5.80. The van der Waals surface area contributed by atoms with Crippen molar-refractivity contribution in [3.05, 3.63) is 18.2 Å². The molecule has 31 heavy (non-hydrogen) atoms. The van der Waals surface area contributed by atoms with Gasteiger partial charge in [0, 0.05) is 37.7 Å². The van der Waals surface area contributed by atoms with Crippen molar-refractivity contribution < 1.29 is 23.5 Å². The number of nitrogens with zero attached hydrogens (tertiary/aromatic N) is 4. The van der Waals surface area contributed by atoms with Crippen molar-refractivity contribution >= 4 is 11.9 Å². The number of hydrogen-bond donors (Lipinski definition) is 0. The molecular formula is C22H30N4O5. The van der Waals surface area contributed by atoms with Crippen LogP contribution in [0.25, 0.3) is 11.4 Å². The number of benzene rings is 1. The van der Waals surface area contributed by atoms with Gasteiger partial charge in [0.25, 0.3) is 0 Å². The molecule has 1 amide bonds. The Morgan fingerprint density at radius 2 is 2.03 bits per heavy atom. The first kappa shape index (κ1) is 21.4. The van der Waals surface area contributed by atoms with Gasteiger partial charge >= 0.3 is 6.01 Å². The third kappa shape index (κ3) is 4.76. The van der Waals surface area contributed by atoms with Crippen molar-refractivity contribution in [2.45, 2.75) is 32.8 Å². The van der Waals surface area contributed by atoms with E-state index in [2.05, 4.69) is 10.1 Å². The second-order valence-corrected chi connectivity index (χ2v) is 7.93. The van der Waals surface area contributed by atoms with Crippen LogP contribution in [0.3, 0.4) is 0 Å². The molecule has 0 radical (unpaired) electrons. The monoisotopic (exact) mass is 430 g/mol. The minimum Gasteiger partial charge on any atom is -0.493 e. The molecule has 2 aliphatic heterocycles. The molecule has 4 rings (SSSR count). The Labute approximate surface area is 182 Å². The van der Waals surface area contributed by atoms with E-state index in [0.29, 0.717) is 62.7 Å². The number of carbonyl (C=O) groups is 1. The van der Waals surface area contributed by atoms with Crippen molar-refractivity contribution in [3.8, 4) is 22.9 Å². The van der Waals surface area contributed by atoms with Gasteiger partial charge in [0.2, 0.25) is 11.7 Å². The molecule has 9 nitrogen and oxygen atoms in total. The maximum atomic E-state index is 12.8. The van der Waals surface area contributed by atoms with E-state index in [9.17, 15) is 4.79 Å². The number of rotatable bonds is 6. The number of morpholine rings is 1. The van der Waals surface area contributed by atoms with Gasteiger partial charge in [-0.15, -0.1) is 0 Å². The molecule has 9 heteroatoms. The molecule has 0 unspecified atom stereocenters. The summed E-state index contributed by atoms with van der Waals surface area (Å²) in [6.45, 7) is 7.90. The summed E-state index contributed by atoms with van der Waals surface area (Å²) >= 11 is 0. The summed E-state index contributed by atoms with van der Waals surface area (Å²) in [6.07, 6.45) is 1.66. The van der Waals surface area contributed by atoms with Crippen LogP contribution in [0.5, 0.6) is 11.5 Å². The van der Waals surface area contributed by atoms with Gasteiger partial charge in [0.1, 0.15) is 0 Å². The highest BCUT2D eigenvalue weighted by molar-refractivity contribution is 5.79. The highest BCUT2D eigenvalue weighted by Crippen LogP contribution is 2.32. The lowest BCUT2D eigenvalue weighted by Gasteiger charge is -2.36. The summed E-state index contributed by atoms with van der Waals surface area (Å²) in [7, 11) is 1.60. The summed E-state index contributed by atoms with van der Waals surface area (Å²) in [5, 5.41) is 4.14. The maximum Gasteiger partial charge on any atom is 0.324 e. The number of hydrogen-bond acceptors (Lipinski definition) is 8. The Bertz CT molecular complexity index is 894. The minimum atomic E-state index is 0.0410. The molecule has 2 fully saturated rings. The minimum absolute atomic E-state index is 0.0410. The van der Waals surface area contributed by atoms with Crippen LogP contribution in [0.15, 0.2) is 22.7 Å². The SMILES string of the molecule is CCOc1ccc(-c2noc(N3CCC(C(=O)N4CCO[C@H](C)C4)CC3)n2)cc1OC. The highest BCUT2D eigenvalue weighted by atomic mass is 16.5. The van der Waals surface area contributed by atoms with E-state index in [1.807, 2.05) is 41.8 Å². The van der Waals surface area contributed by atoms with Gasteiger partial charge in [-0.1, -0.05) is 5.16 Å². The zero-order valence-corrected chi connectivity index (χ0v) is 18.4. The largest absolute Gasteiger partial charge is 0.493 e. The second kappa shape index (κ2) is 9.55. The number of amides is 1. The van der Waals surface area contributed by atoms with Gasteiger partial charge in [-0.3, -0.25) is 4.79 Å². The van der Waals surface area contributed by atoms with Crippen molar-refractivity contribution in [1.82, 2.24) is 15.0 Å². The van der Waals surface area contributed by atoms with Crippen LogP contribution in [0.2, 0.25) is 0 Å². The average molecular weight is 431 g/mol. The standard InChI is InChI=1S/C22H30N4O5/c1-4-29-18-6-5-17(13-19(18)28-3)20-23-22(31-24-20)25-9-7-16(8-10-25)21(27)26-11-12-30-15(2)14-26/h5-6,13,15-16H,4,7-12,14H2,1-3H3/t15-/m1/s1. The topological polar surface area (TPSA) is 90.2 Å². The summed E-state index contributed by atoms with van der Waals surface area (Å²) in [5.74, 6) is 2.08. The lowest BCUT2D eigenvalue weighted by molar-refractivity contribution is -0.143. The van der Waals surface area contributed by atoms with Crippen LogP contribution in [-0.4, -0.2) is 73.6 Å². The Morgan fingerprint density at radius 3 is 2.74 bits per heavy atom. The summed E-state index contributed by atoms with van der Waals surface area (Å²) in [5.41, 5.74) is 0.793. The van der Waals surface area contributed by atoms with Crippen LogP contribution < -0.4 is 14.4 Å². The summed E-state index contributed by atoms with van der Waals surface area (Å²) in [6, 6.07) is 6.05. The van der Waals surface area contributed by atoms with Crippen molar-refractivity contribution in [2.24, 2.45) is 5.92 Å². The van der Waals surface area contributed by atoms with Crippen LogP contribution in [0.4, 0.5) is 6.01 Å². The molecular weight excluding hydrogens is 400 g/mol. The van der Waals surface area contributed by atoms with E-state index in [1.165, 1.54) is 0 Å². The molecule has 1 aromatic carbocycles. The molecule has 0 aliphatic carbocycles. The Morgan fingerprint density at radius 1 is 1.23 bits per heavy atom. The van der Waals surface area contributed by atoms with Gasteiger partial charge in [0.05, 0.1) is 26.4 Å². The Kier molecular flexibility index (Phi) is 6.60. The zero-order chi connectivity index (χ0) is 21.8. The number of carbonyl (C=O) groups excluding carboxylic acids is 1. The molecule has 168 valence electrons. The van der Waals surface area contributed by atoms with Gasteiger partial charge in [-0.2, -0.15) is 4.98 Å². The van der Waals surface area contributed by atoms with E-state index < -0.39 is 0 Å². The summed E-state index contributed by atoms with van der Waals surface area (Å²) in [4.78, 5) is 21.4. The van der Waals surface area contributed by atoms with Gasteiger partial charge in [-0.05, 0) is 44.9 Å². The number of methoxy groups -OCH3 is 1. The molecule has 1 aromatic heterocycles. The second-order valence-electron chi connectivity index (χ2n) is 7.93. The van der Waals surface area contributed by atoms with Gasteiger partial charge < -0.3 is 28.5 Å². The lowest BCUT2D eigenvalue weighted by Crippen LogP contribution is -2.49. The molecule has 2 aromatic rings. The fraction of sp³-hybridized carbons (Fsp3) is 0.591. The number of ether oxygens (including phenoxy) is 3. The first-order valence-corrected chi connectivity index (χ1v) is 10.9. The maximum absolute atomic E-state index is 12.8. The molecule has 0 bridgehead atoms. The molecule has 0 N–H and O–H groups in total. The average Bonchev–Trinajstić information content (AvgIpc) is 3.29. The van der Waals surface area contributed by atoms with Crippen molar-refractivity contribution in [2.75, 3.05) is 51.4 Å². The quantitative estimate of drug-likeness (QED) is 0.691. The van der Waals surface area contributed by atoms with E-state index in [1.54, 1.807) is 7.11 Å². The first-order chi connectivity index (χ1) is 15.1. The molecule has 0 spiro atoms. The molecule has 2 aliphatic rings. The van der Waals surface area contributed by atoms with E-state index in [4.69, 9.17) is 18.7 Å². The van der Waals surface area contributed by atoms with Gasteiger partial charge in [0.15, 0.2) is 11.5 Å². The molecule has 3 heterocycles. The number of anilines is 1. The first-order valence-electron chi connectivity index (χ1n) is 10.9. The predicted molar refractivity (Wildman–Crippen MR) is 114 cm³/mol. The van der Waals surface area contributed by atoms with Crippen LogP contribution in [-0.2, 0) is 9.53 Å². The van der Waals surface area contributed by atoms with E-state index in [0.717, 1.165) is 18.4 Å². The predicted octanol–water partition coefficient (Wildman–Crippen LogP) is 2.61.